The molecule has 0 saturated heterocycles. The minimum atomic E-state index is -0.264. The molecule has 1 saturated carbocycles. The first-order chi connectivity index (χ1) is 6.42. The van der Waals surface area contributed by atoms with Gasteiger partial charge in [-0.05, 0) is 24.8 Å². The van der Waals surface area contributed by atoms with Crippen molar-refractivity contribution in [1.29, 1.82) is 0 Å². The van der Waals surface area contributed by atoms with E-state index in [1.54, 1.807) is 0 Å². The van der Waals surface area contributed by atoms with Gasteiger partial charge in [0.1, 0.15) is 0 Å². The molecule has 0 aromatic rings. The molecule has 84 valence electrons. The number of aliphatic hydroxyl groups excluding tert-OH is 1. The molecule has 0 aromatic carbocycles. The molecule has 1 rings (SSSR count). The molecule has 1 aliphatic carbocycles. The molecule has 14 heavy (non-hydrogen) atoms. The zero-order valence-corrected chi connectivity index (χ0v) is 9.84. The first kappa shape index (κ1) is 12.0. The Morgan fingerprint density at radius 3 is 2.21 bits per heavy atom. The van der Waals surface area contributed by atoms with Gasteiger partial charge in [0.2, 0.25) is 0 Å². The maximum atomic E-state index is 10.4. The van der Waals surface area contributed by atoms with Crippen LogP contribution in [0.15, 0.2) is 0 Å². The number of aliphatic hydroxyl groups is 1. The molecule has 0 bridgehead atoms. The van der Waals surface area contributed by atoms with E-state index in [0.29, 0.717) is 6.54 Å². The number of hydrogen-bond donors (Lipinski definition) is 2. The van der Waals surface area contributed by atoms with Crippen LogP contribution in [0.5, 0.6) is 0 Å². The van der Waals surface area contributed by atoms with Gasteiger partial charge in [-0.1, -0.05) is 40.0 Å². The van der Waals surface area contributed by atoms with E-state index in [0.717, 1.165) is 12.8 Å². The third kappa shape index (κ3) is 2.29. The second-order valence-electron chi connectivity index (χ2n) is 5.81. The predicted molar refractivity (Wildman–Crippen MR) is 60.0 cm³/mol. The summed E-state index contributed by atoms with van der Waals surface area (Å²) in [6.07, 6.45) is 5.88. The summed E-state index contributed by atoms with van der Waals surface area (Å²) in [6.45, 7) is 6.91. The second-order valence-corrected chi connectivity index (χ2v) is 5.81. The van der Waals surface area contributed by atoms with Crippen molar-refractivity contribution in [2.75, 3.05) is 6.54 Å². The molecule has 0 heterocycles. The van der Waals surface area contributed by atoms with Crippen LogP contribution in [0.2, 0.25) is 0 Å². The fraction of sp³-hybridized carbons (Fsp3) is 1.00. The number of nitrogens with two attached hydrogens (primary N) is 1. The summed E-state index contributed by atoms with van der Waals surface area (Å²) >= 11 is 0. The van der Waals surface area contributed by atoms with Gasteiger partial charge in [0.15, 0.2) is 0 Å². The highest BCUT2D eigenvalue weighted by Crippen LogP contribution is 2.44. The molecule has 1 unspecified atom stereocenters. The van der Waals surface area contributed by atoms with Crippen LogP contribution in [0.4, 0.5) is 0 Å². The molecule has 1 fully saturated rings. The van der Waals surface area contributed by atoms with Gasteiger partial charge in [-0.15, -0.1) is 0 Å². The third-order valence-electron chi connectivity index (χ3n) is 3.92. The van der Waals surface area contributed by atoms with Gasteiger partial charge in [0.05, 0.1) is 6.10 Å². The maximum absolute atomic E-state index is 10.4. The van der Waals surface area contributed by atoms with Crippen molar-refractivity contribution in [3.63, 3.8) is 0 Å². The first-order valence-electron chi connectivity index (χ1n) is 5.80. The van der Waals surface area contributed by atoms with Crippen molar-refractivity contribution in [2.45, 2.75) is 59.0 Å². The number of rotatable bonds is 3. The van der Waals surface area contributed by atoms with Gasteiger partial charge in [-0.25, -0.2) is 0 Å². The minimum Gasteiger partial charge on any atom is -0.392 e. The van der Waals surface area contributed by atoms with Crippen LogP contribution < -0.4 is 5.73 Å². The highest BCUT2D eigenvalue weighted by molar-refractivity contribution is 4.93. The van der Waals surface area contributed by atoms with Crippen LogP contribution in [0.3, 0.4) is 0 Å². The summed E-state index contributed by atoms with van der Waals surface area (Å²) in [4.78, 5) is 0. The zero-order valence-electron chi connectivity index (χ0n) is 9.84. The van der Waals surface area contributed by atoms with Crippen LogP contribution in [-0.4, -0.2) is 17.8 Å². The Hall–Kier alpha value is -0.0800. The van der Waals surface area contributed by atoms with E-state index in [1.807, 2.05) is 0 Å². The van der Waals surface area contributed by atoms with E-state index in [9.17, 15) is 5.11 Å². The van der Waals surface area contributed by atoms with Crippen LogP contribution in [-0.2, 0) is 0 Å². The average Bonchev–Trinajstić information content (AvgIpc) is 2.18. The van der Waals surface area contributed by atoms with E-state index in [4.69, 9.17) is 5.73 Å². The fourth-order valence-corrected chi connectivity index (χ4v) is 2.69. The first-order valence-corrected chi connectivity index (χ1v) is 5.80. The average molecular weight is 199 g/mol. The lowest BCUT2D eigenvalue weighted by molar-refractivity contribution is -0.0631. The molecular formula is C12H25NO. The lowest BCUT2D eigenvalue weighted by Gasteiger charge is -2.45. The number of hydrogen-bond acceptors (Lipinski definition) is 2. The van der Waals surface area contributed by atoms with Crippen LogP contribution >= 0.6 is 0 Å². The molecule has 2 heteroatoms. The van der Waals surface area contributed by atoms with Gasteiger partial charge in [-0.3, -0.25) is 0 Å². The van der Waals surface area contributed by atoms with Crippen molar-refractivity contribution in [1.82, 2.24) is 0 Å². The van der Waals surface area contributed by atoms with Gasteiger partial charge in [0, 0.05) is 5.41 Å². The van der Waals surface area contributed by atoms with Gasteiger partial charge in [-0.2, -0.15) is 0 Å². The SMILES string of the molecule is CC(C)(CN)C(O)C1(C)CCCCC1. The summed E-state index contributed by atoms with van der Waals surface area (Å²) in [6, 6.07) is 0. The Morgan fingerprint density at radius 1 is 1.29 bits per heavy atom. The van der Waals surface area contributed by atoms with E-state index in [1.165, 1.54) is 19.3 Å². The monoisotopic (exact) mass is 199 g/mol. The summed E-state index contributed by atoms with van der Waals surface area (Å²) < 4.78 is 0. The summed E-state index contributed by atoms with van der Waals surface area (Å²) in [5.74, 6) is 0. The lowest BCUT2D eigenvalue weighted by atomic mass is 9.64. The highest BCUT2D eigenvalue weighted by atomic mass is 16.3. The molecule has 0 spiro atoms. The lowest BCUT2D eigenvalue weighted by Crippen LogP contribution is -2.47. The van der Waals surface area contributed by atoms with Crippen molar-refractivity contribution in [3.8, 4) is 0 Å². The van der Waals surface area contributed by atoms with Crippen LogP contribution in [0.1, 0.15) is 52.9 Å². The molecular weight excluding hydrogens is 174 g/mol. The molecule has 0 aromatic heterocycles. The molecule has 3 N–H and O–H groups in total. The fourth-order valence-electron chi connectivity index (χ4n) is 2.69. The van der Waals surface area contributed by atoms with E-state index < -0.39 is 0 Å². The Kier molecular flexibility index (Phi) is 3.59. The quantitative estimate of drug-likeness (QED) is 0.732. The third-order valence-corrected chi connectivity index (χ3v) is 3.92. The molecule has 2 nitrogen and oxygen atoms in total. The van der Waals surface area contributed by atoms with E-state index in [-0.39, 0.29) is 16.9 Å². The molecule has 0 radical (unpaired) electrons. The van der Waals surface area contributed by atoms with Crippen LogP contribution in [0, 0.1) is 10.8 Å². The molecule has 1 aliphatic rings. The molecule has 0 aliphatic heterocycles. The Labute approximate surface area is 87.9 Å². The van der Waals surface area contributed by atoms with Crippen molar-refractivity contribution in [2.24, 2.45) is 16.6 Å². The van der Waals surface area contributed by atoms with Crippen LogP contribution in [0.25, 0.3) is 0 Å². The Balaban J connectivity index is 2.70. The topological polar surface area (TPSA) is 46.2 Å². The molecule has 0 amide bonds. The summed E-state index contributed by atoms with van der Waals surface area (Å²) in [5.41, 5.74) is 5.66. The minimum absolute atomic E-state index is 0.0983. The van der Waals surface area contributed by atoms with Crippen molar-refractivity contribution in [3.05, 3.63) is 0 Å². The largest absolute Gasteiger partial charge is 0.392 e. The van der Waals surface area contributed by atoms with E-state index in [2.05, 4.69) is 20.8 Å². The Bertz CT molecular complexity index is 183. The smallest absolute Gasteiger partial charge is 0.0656 e. The van der Waals surface area contributed by atoms with Crippen molar-refractivity contribution >= 4 is 0 Å². The maximum Gasteiger partial charge on any atom is 0.0656 e. The van der Waals surface area contributed by atoms with Gasteiger partial charge < -0.3 is 10.8 Å². The predicted octanol–water partition coefficient (Wildman–Crippen LogP) is 2.30. The highest BCUT2D eigenvalue weighted by Gasteiger charge is 2.42. The summed E-state index contributed by atoms with van der Waals surface area (Å²) in [7, 11) is 0. The summed E-state index contributed by atoms with van der Waals surface area (Å²) in [5, 5.41) is 10.4. The van der Waals surface area contributed by atoms with E-state index >= 15 is 0 Å². The second kappa shape index (κ2) is 4.19. The standard InChI is InChI=1S/C12H25NO/c1-11(2,9-13)10(14)12(3)7-5-4-6-8-12/h10,14H,4-9,13H2,1-3H3. The molecule has 1 atom stereocenters. The zero-order chi connectivity index (χ0) is 10.8. The Morgan fingerprint density at radius 2 is 1.79 bits per heavy atom. The van der Waals surface area contributed by atoms with Gasteiger partial charge >= 0.3 is 0 Å². The normalized spacial score (nSPS) is 24.6. The van der Waals surface area contributed by atoms with Gasteiger partial charge in [0.25, 0.3) is 0 Å². The van der Waals surface area contributed by atoms with Crippen molar-refractivity contribution < 1.29 is 5.11 Å².